The van der Waals surface area contributed by atoms with Gasteiger partial charge < -0.3 is 20.1 Å². The quantitative estimate of drug-likeness (QED) is 0.371. The molecule has 0 aliphatic carbocycles. The molecular weight excluding hydrogens is 392 g/mol. The fraction of sp³-hybridized carbons (Fsp3) is 0.476. The molecule has 9 heteroatoms. The number of hydrogen-bond donors (Lipinski definition) is 2. The summed E-state index contributed by atoms with van der Waals surface area (Å²) in [5, 5.41) is 5.10. The van der Waals surface area contributed by atoms with Crippen LogP contribution < -0.4 is 10.6 Å². The standard InChI is InChI=1S/C21H26N2O7/c1-21(2,3)30-20(28)23-15(11-14-9-10-22-18(14)26)16(24)12-29-19(27)17(25)13-7-5-4-6-8-13/h4-8,14-15H,9-12H2,1-3H3,(H,22,26)(H,23,28)/t14-,15-/m0/s1. The first kappa shape index (κ1) is 23.1. The zero-order valence-electron chi connectivity index (χ0n) is 17.2. The monoisotopic (exact) mass is 418 g/mol. The van der Waals surface area contributed by atoms with E-state index in [0.29, 0.717) is 13.0 Å². The van der Waals surface area contributed by atoms with Gasteiger partial charge in [0.25, 0.3) is 5.78 Å². The van der Waals surface area contributed by atoms with Gasteiger partial charge in [0.1, 0.15) is 5.60 Å². The van der Waals surface area contributed by atoms with Crippen molar-refractivity contribution in [2.24, 2.45) is 5.92 Å². The summed E-state index contributed by atoms with van der Waals surface area (Å²) >= 11 is 0. The fourth-order valence-corrected chi connectivity index (χ4v) is 2.89. The van der Waals surface area contributed by atoms with Crippen molar-refractivity contribution in [2.75, 3.05) is 13.2 Å². The van der Waals surface area contributed by atoms with Gasteiger partial charge in [-0.2, -0.15) is 0 Å². The number of ketones is 2. The number of benzene rings is 1. The van der Waals surface area contributed by atoms with Crippen LogP contribution in [0.5, 0.6) is 0 Å². The highest BCUT2D eigenvalue weighted by Gasteiger charge is 2.33. The molecular formula is C21H26N2O7. The number of carbonyl (C=O) groups is 5. The number of amides is 2. The van der Waals surface area contributed by atoms with Gasteiger partial charge in [-0.1, -0.05) is 30.3 Å². The summed E-state index contributed by atoms with van der Waals surface area (Å²) in [6.45, 7) is 4.78. The fourth-order valence-electron chi connectivity index (χ4n) is 2.89. The lowest BCUT2D eigenvalue weighted by atomic mass is 9.96. The average molecular weight is 418 g/mol. The van der Waals surface area contributed by atoms with Crippen molar-refractivity contribution in [3.63, 3.8) is 0 Å². The van der Waals surface area contributed by atoms with Crippen molar-refractivity contribution in [3.05, 3.63) is 35.9 Å². The Morgan fingerprint density at radius 2 is 1.83 bits per heavy atom. The second-order valence-electron chi connectivity index (χ2n) is 7.95. The lowest BCUT2D eigenvalue weighted by molar-refractivity contribution is -0.144. The van der Waals surface area contributed by atoms with Gasteiger partial charge in [0.2, 0.25) is 5.91 Å². The molecule has 0 aromatic heterocycles. The van der Waals surface area contributed by atoms with Crippen molar-refractivity contribution < 1.29 is 33.4 Å². The molecule has 2 amide bonds. The Kier molecular flexibility index (Phi) is 7.68. The van der Waals surface area contributed by atoms with Crippen LogP contribution in [0.4, 0.5) is 4.79 Å². The summed E-state index contributed by atoms with van der Waals surface area (Å²) in [6, 6.07) is 6.69. The van der Waals surface area contributed by atoms with Crippen molar-refractivity contribution in [1.82, 2.24) is 10.6 Å². The molecule has 162 valence electrons. The number of nitrogens with one attached hydrogen (secondary N) is 2. The van der Waals surface area contributed by atoms with Gasteiger partial charge in [0.15, 0.2) is 12.4 Å². The van der Waals surface area contributed by atoms with Crippen molar-refractivity contribution in [2.45, 2.75) is 45.3 Å². The number of alkyl carbamates (subject to hydrolysis) is 1. The molecule has 9 nitrogen and oxygen atoms in total. The molecule has 1 aromatic rings. The highest BCUT2D eigenvalue weighted by Crippen LogP contribution is 2.17. The summed E-state index contributed by atoms with van der Waals surface area (Å²) in [7, 11) is 0. The number of ether oxygens (including phenoxy) is 2. The highest BCUT2D eigenvalue weighted by molar-refractivity contribution is 6.40. The van der Waals surface area contributed by atoms with Crippen LogP contribution >= 0.6 is 0 Å². The first-order valence-electron chi connectivity index (χ1n) is 9.63. The third-order valence-electron chi connectivity index (χ3n) is 4.33. The molecule has 30 heavy (non-hydrogen) atoms. The van der Waals surface area contributed by atoms with Crippen LogP contribution in [0.1, 0.15) is 44.0 Å². The van der Waals surface area contributed by atoms with Gasteiger partial charge >= 0.3 is 12.1 Å². The summed E-state index contributed by atoms with van der Waals surface area (Å²) in [6.07, 6.45) is -0.273. The Balaban J connectivity index is 2.00. The molecule has 1 saturated heterocycles. The molecule has 1 aliphatic heterocycles. The van der Waals surface area contributed by atoms with E-state index in [-0.39, 0.29) is 17.9 Å². The van der Waals surface area contributed by atoms with Crippen LogP contribution in [0.25, 0.3) is 0 Å². The smallest absolute Gasteiger partial charge is 0.408 e. The van der Waals surface area contributed by atoms with E-state index in [1.165, 1.54) is 12.1 Å². The minimum absolute atomic E-state index is 0.0358. The number of esters is 1. The molecule has 0 radical (unpaired) electrons. The molecule has 0 saturated carbocycles. The van der Waals surface area contributed by atoms with Gasteiger partial charge in [-0.25, -0.2) is 9.59 Å². The van der Waals surface area contributed by atoms with E-state index in [1.807, 2.05) is 0 Å². The van der Waals surface area contributed by atoms with Gasteiger partial charge in [0.05, 0.1) is 6.04 Å². The summed E-state index contributed by atoms with van der Waals surface area (Å²) in [4.78, 5) is 60.6. The number of rotatable bonds is 8. The maximum Gasteiger partial charge on any atom is 0.408 e. The van der Waals surface area contributed by atoms with E-state index < -0.39 is 47.8 Å². The Morgan fingerprint density at radius 1 is 1.17 bits per heavy atom. The lowest BCUT2D eigenvalue weighted by Crippen LogP contribution is -2.46. The second-order valence-corrected chi connectivity index (χ2v) is 7.95. The Morgan fingerprint density at radius 3 is 2.40 bits per heavy atom. The van der Waals surface area contributed by atoms with Crippen LogP contribution in [0.2, 0.25) is 0 Å². The molecule has 2 atom stereocenters. The van der Waals surface area contributed by atoms with Crippen LogP contribution in [0.15, 0.2) is 30.3 Å². The topological polar surface area (TPSA) is 128 Å². The van der Waals surface area contributed by atoms with Gasteiger partial charge in [-0.05, 0) is 33.6 Å². The van der Waals surface area contributed by atoms with E-state index in [4.69, 9.17) is 9.47 Å². The molecule has 1 aromatic carbocycles. The van der Waals surface area contributed by atoms with Crippen molar-refractivity contribution >= 4 is 29.5 Å². The maximum absolute atomic E-state index is 12.6. The third kappa shape index (κ3) is 6.98. The van der Waals surface area contributed by atoms with Gasteiger partial charge in [-0.3, -0.25) is 14.4 Å². The van der Waals surface area contributed by atoms with Crippen LogP contribution in [-0.4, -0.2) is 54.3 Å². The highest BCUT2D eigenvalue weighted by atomic mass is 16.6. The summed E-state index contributed by atoms with van der Waals surface area (Å²) in [5.41, 5.74) is -0.641. The number of Topliss-reactive ketones (excluding diaryl/α,β-unsaturated/α-hetero) is 2. The molecule has 2 rings (SSSR count). The zero-order valence-corrected chi connectivity index (χ0v) is 17.2. The number of hydrogen-bond acceptors (Lipinski definition) is 7. The van der Waals surface area contributed by atoms with Gasteiger partial charge in [0, 0.05) is 18.0 Å². The molecule has 2 N–H and O–H groups in total. The van der Waals surface area contributed by atoms with Crippen LogP contribution in [-0.2, 0) is 23.9 Å². The Bertz CT molecular complexity index is 814. The van der Waals surface area contributed by atoms with E-state index in [1.54, 1.807) is 39.0 Å². The van der Waals surface area contributed by atoms with Crippen LogP contribution in [0, 0.1) is 5.92 Å². The predicted octanol–water partition coefficient (Wildman–Crippen LogP) is 1.40. The predicted molar refractivity (Wildman–Crippen MR) is 106 cm³/mol. The minimum atomic E-state index is -1.18. The third-order valence-corrected chi connectivity index (χ3v) is 4.33. The second kappa shape index (κ2) is 10.00. The molecule has 0 bridgehead atoms. The van der Waals surface area contributed by atoms with Crippen molar-refractivity contribution in [1.29, 1.82) is 0 Å². The molecule has 0 spiro atoms. The molecule has 1 heterocycles. The van der Waals surface area contributed by atoms with E-state index in [0.717, 1.165) is 0 Å². The zero-order chi connectivity index (χ0) is 22.3. The maximum atomic E-state index is 12.6. The normalized spacial score (nSPS) is 16.9. The molecule has 1 aliphatic rings. The molecule has 0 unspecified atom stereocenters. The van der Waals surface area contributed by atoms with E-state index in [9.17, 15) is 24.0 Å². The number of carbonyl (C=O) groups excluding carboxylic acids is 5. The first-order chi connectivity index (χ1) is 14.1. The average Bonchev–Trinajstić information content (AvgIpc) is 3.08. The van der Waals surface area contributed by atoms with E-state index in [2.05, 4.69) is 10.6 Å². The SMILES string of the molecule is CC(C)(C)OC(=O)N[C@@H](C[C@@H]1CCNC1=O)C(=O)COC(=O)C(=O)c1ccccc1. The van der Waals surface area contributed by atoms with E-state index >= 15 is 0 Å². The summed E-state index contributed by atoms with van der Waals surface area (Å²) < 4.78 is 10.0. The lowest BCUT2D eigenvalue weighted by Gasteiger charge is -2.24. The Labute approximate surface area is 174 Å². The molecule has 1 fully saturated rings. The Hall–Kier alpha value is -3.23. The largest absolute Gasteiger partial charge is 0.452 e. The summed E-state index contributed by atoms with van der Waals surface area (Å²) in [5.74, 6) is -3.38. The van der Waals surface area contributed by atoms with Crippen molar-refractivity contribution in [3.8, 4) is 0 Å². The minimum Gasteiger partial charge on any atom is -0.452 e. The van der Waals surface area contributed by atoms with Gasteiger partial charge in [-0.15, -0.1) is 0 Å². The first-order valence-corrected chi connectivity index (χ1v) is 9.63. The van der Waals surface area contributed by atoms with Crippen LogP contribution in [0.3, 0.4) is 0 Å².